The number of ketones is 1. The largest absolute Gasteiger partial charge is 0.448 e. The number of anilines is 1. The Morgan fingerprint density at radius 2 is 2.09 bits per heavy atom. The second-order valence-electron chi connectivity index (χ2n) is 8.52. The van der Waals surface area contributed by atoms with Gasteiger partial charge in [0.05, 0.1) is 11.9 Å². The summed E-state index contributed by atoms with van der Waals surface area (Å²) in [4.78, 5) is 32.0. The van der Waals surface area contributed by atoms with Gasteiger partial charge in [-0.05, 0) is 62.9 Å². The molecule has 1 atom stereocenters. The first kappa shape index (κ1) is 22.2. The number of likely N-dealkylation sites (tertiary alicyclic amines) is 1. The summed E-state index contributed by atoms with van der Waals surface area (Å²) in [7, 11) is 0. The molecule has 4 rings (SSSR count). The van der Waals surface area contributed by atoms with Gasteiger partial charge in [-0.3, -0.25) is 9.59 Å². The first-order chi connectivity index (χ1) is 15.6. The van der Waals surface area contributed by atoms with E-state index in [4.69, 9.17) is 4.74 Å². The minimum absolute atomic E-state index is 0.00152. The molecule has 3 heterocycles. The predicted molar refractivity (Wildman–Crippen MR) is 126 cm³/mol. The average molecular weight is 434 g/mol. The highest BCUT2D eigenvalue weighted by atomic mass is 16.5. The second kappa shape index (κ2) is 10.6. The highest BCUT2D eigenvalue weighted by molar-refractivity contribution is 6.08. The molecule has 2 aliphatic heterocycles. The van der Waals surface area contributed by atoms with Crippen LogP contribution >= 0.6 is 0 Å². The van der Waals surface area contributed by atoms with Gasteiger partial charge in [-0.25, -0.2) is 4.98 Å². The predicted octanol–water partition coefficient (Wildman–Crippen LogP) is 5.07. The number of carbonyl (C=O) groups excluding carboxylic acids is 2. The maximum atomic E-state index is 12.6. The SMILES string of the molecule is CCC1CCCCN1CCCCC(=O)c1cc2c(cn1)O/C(=C\c1ccccc1)C(=O)N2. The van der Waals surface area contributed by atoms with Gasteiger partial charge in [0.2, 0.25) is 0 Å². The molecular formula is C26H31N3O3. The Morgan fingerprint density at radius 1 is 1.25 bits per heavy atom. The van der Waals surface area contributed by atoms with Crippen molar-refractivity contribution in [1.29, 1.82) is 0 Å². The Bertz CT molecular complexity index is 987. The number of hydrogen-bond acceptors (Lipinski definition) is 5. The number of ether oxygens (including phenoxy) is 1. The molecule has 0 bridgehead atoms. The zero-order chi connectivity index (χ0) is 22.3. The van der Waals surface area contributed by atoms with Gasteiger partial charge in [0.25, 0.3) is 5.91 Å². The van der Waals surface area contributed by atoms with E-state index in [1.165, 1.54) is 38.4 Å². The number of piperidine rings is 1. The number of fused-ring (bicyclic) bond motifs is 1. The molecule has 1 aromatic heterocycles. The molecule has 1 unspecified atom stereocenters. The molecular weight excluding hydrogens is 402 g/mol. The van der Waals surface area contributed by atoms with Crippen LogP contribution < -0.4 is 10.1 Å². The van der Waals surface area contributed by atoms with Crippen molar-refractivity contribution in [2.45, 2.75) is 57.9 Å². The Hall–Kier alpha value is -2.99. The quantitative estimate of drug-likeness (QED) is 0.357. The zero-order valence-corrected chi connectivity index (χ0v) is 18.7. The fraction of sp³-hybridized carbons (Fsp3) is 0.423. The molecule has 6 heteroatoms. The van der Waals surface area contributed by atoms with Crippen molar-refractivity contribution < 1.29 is 14.3 Å². The monoisotopic (exact) mass is 433 g/mol. The normalized spacial score (nSPS) is 19.8. The molecule has 1 amide bonds. The number of amides is 1. The van der Waals surface area contributed by atoms with Gasteiger partial charge < -0.3 is 15.0 Å². The van der Waals surface area contributed by atoms with Crippen molar-refractivity contribution >= 4 is 23.5 Å². The summed E-state index contributed by atoms with van der Waals surface area (Å²) in [6.07, 6.45) is 10.6. The van der Waals surface area contributed by atoms with Gasteiger partial charge in [-0.1, -0.05) is 43.7 Å². The number of Topliss-reactive ketones (excluding diaryl/α,β-unsaturated/α-hetero) is 1. The molecule has 1 aromatic carbocycles. The zero-order valence-electron chi connectivity index (χ0n) is 18.7. The minimum Gasteiger partial charge on any atom is -0.448 e. The van der Waals surface area contributed by atoms with E-state index in [9.17, 15) is 9.59 Å². The molecule has 1 N–H and O–H groups in total. The van der Waals surface area contributed by atoms with Gasteiger partial charge >= 0.3 is 0 Å². The van der Waals surface area contributed by atoms with E-state index in [2.05, 4.69) is 22.1 Å². The third-order valence-electron chi connectivity index (χ3n) is 6.26. The molecule has 168 valence electrons. The molecule has 0 spiro atoms. The number of hydrogen-bond donors (Lipinski definition) is 1. The number of nitrogens with one attached hydrogen (secondary N) is 1. The summed E-state index contributed by atoms with van der Waals surface area (Å²) in [6.45, 7) is 4.50. The van der Waals surface area contributed by atoms with Crippen LogP contribution in [0.15, 0.2) is 48.4 Å². The molecule has 1 saturated heterocycles. The number of carbonyl (C=O) groups is 2. The summed E-state index contributed by atoms with van der Waals surface area (Å²) < 4.78 is 5.74. The minimum atomic E-state index is -0.335. The molecule has 0 aliphatic carbocycles. The van der Waals surface area contributed by atoms with E-state index >= 15 is 0 Å². The first-order valence-corrected chi connectivity index (χ1v) is 11.7. The van der Waals surface area contributed by atoms with E-state index in [1.54, 1.807) is 12.1 Å². The van der Waals surface area contributed by atoms with Crippen molar-refractivity contribution in [1.82, 2.24) is 9.88 Å². The molecule has 32 heavy (non-hydrogen) atoms. The molecule has 2 aromatic rings. The fourth-order valence-electron chi connectivity index (χ4n) is 4.46. The molecule has 1 fully saturated rings. The summed E-state index contributed by atoms with van der Waals surface area (Å²) in [6, 6.07) is 11.8. The fourth-order valence-corrected chi connectivity index (χ4v) is 4.46. The van der Waals surface area contributed by atoms with Gasteiger partial charge in [0, 0.05) is 12.5 Å². The van der Waals surface area contributed by atoms with Crippen LogP contribution in [0.25, 0.3) is 6.08 Å². The van der Waals surface area contributed by atoms with Gasteiger partial charge in [0.1, 0.15) is 5.69 Å². The first-order valence-electron chi connectivity index (χ1n) is 11.7. The van der Waals surface area contributed by atoms with Gasteiger partial charge in [-0.2, -0.15) is 0 Å². The molecule has 0 saturated carbocycles. The number of nitrogens with zero attached hydrogens (tertiary/aromatic N) is 2. The number of rotatable bonds is 8. The van der Waals surface area contributed by atoms with Crippen LogP contribution in [0.4, 0.5) is 5.69 Å². The van der Waals surface area contributed by atoms with Crippen molar-refractivity contribution in [3.63, 3.8) is 0 Å². The summed E-state index contributed by atoms with van der Waals surface area (Å²) in [5.74, 6) is 0.308. The maximum Gasteiger partial charge on any atom is 0.291 e. The van der Waals surface area contributed by atoms with Gasteiger partial charge in [0.15, 0.2) is 17.3 Å². The highest BCUT2D eigenvalue weighted by Gasteiger charge is 2.24. The molecule has 6 nitrogen and oxygen atoms in total. The lowest BCUT2D eigenvalue weighted by Crippen LogP contribution is -2.39. The Morgan fingerprint density at radius 3 is 2.91 bits per heavy atom. The lowest BCUT2D eigenvalue weighted by atomic mass is 9.99. The lowest BCUT2D eigenvalue weighted by Gasteiger charge is -2.35. The third-order valence-corrected chi connectivity index (χ3v) is 6.26. The third kappa shape index (κ3) is 5.43. The second-order valence-corrected chi connectivity index (χ2v) is 8.52. The van der Waals surface area contributed by atoms with Crippen LogP contribution in [0, 0.1) is 0 Å². The Balaban J connectivity index is 1.32. The summed E-state index contributed by atoms with van der Waals surface area (Å²) in [5.41, 5.74) is 1.72. The standard InChI is InChI=1S/C26H31N3O3/c1-2-20-12-6-8-14-29(20)15-9-7-13-23(30)21-17-22-25(18-27-21)32-24(26(31)28-22)16-19-10-4-3-5-11-19/h3-5,10-11,16-18,20H,2,6-9,12-15H2,1H3,(H,28,31)/b24-16-. The van der Waals surface area contributed by atoms with E-state index in [1.807, 2.05) is 30.3 Å². The van der Waals surface area contributed by atoms with Crippen LogP contribution in [0.1, 0.15) is 67.9 Å². The van der Waals surface area contributed by atoms with Crippen molar-refractivity contribution in [3.8, 4) is 5.75 Å². The number of aromatic nitrogens is 1. The van der Waals surface area contributed by atoms with E-state index in [0.717, 1.165) is 24.9 Å². The van der Waals surface area contributed by atoms with Crippen LogP contribution in [0.2, 0.25) is 0 Å². The van der Waals surface area contributed by atoms with E-state index in [0.29, 0.717) is 29.6 Å². The van der Waals surface area contributed by atoms with Crippen LogP contribution in [0.3, 0.4) is 0 Å². The number of unbranched alkanes of at least 4 members (excludes halogenated alkanes) is 1. The van der Waals surface area contributed by atoms with E-state index in [-0.39, 0.29) is 17.4 Å². The smallest absolute Gasteiger partial charge is 0.291 e. The van der Waals surface area contributed by atoms with Crippen LogP contribution in [-0.2, 0) is 4.79 Å². The summed E-state index contributed by atoms with van der Waals surface area (Å²) >= 11 is 0. The van der Waals surface area contributed by atoms with E-state index < -0.39 is 0 Å². The average Bonchev–Trinajstić information content (AvgIpc) is 2.82. The topological polar surface area (TPSA) is 71.5 Å². The number of pyridine rings is 1. The number of benzene rings is 1. The van der Waals surface area contributed by atoms with Crippen molar-refractivity contribution in [3.05, 3.63) is 59.6 Å². The molecule has 2 aliphatic rings. The Kier molecular flexibility index (Phi) is 7.32. The van der Waals surface area contributed by atoms with Crippen molar-refractivity contribution in [2.24, 2.45) is 0 Å². The highest BCUT2D eigenvalue weighted by Crippen LogP contribution is 2.31. The molecule has 0 radical (unpaired) electrons. The van der Waals surface area contributed by atoms with Gasteiger partial charge in [-0.15, -0.1) is 0 Å². The Labute approximate surface area is 189 Å². The van der Waals surface area contributed by atoms with Crippen molar-refractivity contribution in [2.75, 3.05) is 18.4 Å². The van der Waals surface area contributed by atoms with Crippen LogP contribution in [0.5, 0.6) is 5.75 Å². The summed E-state index contributed by atoms with van der Waals surface area (Å²) in [5, 5.41) is 2.82. The lowest BCUT2D eigenvalue weighted by molar-refractivity contribution is -0.115. The van der Waals surface area contributed by atoms with Crippen LogP contribution in [-0.4, -0.2) is 40.7 Å². The maximum absolute atomic E-state index is 12.6.